The molecular formula is C13H15NO3. The summed E-state index contributed by atoms with van der Waals surface area (Å²) in [5.41, 5.74) is 0.917. The molecule has 0 aliphatic heterocycles. The Hall–Kier alpha value is -1.97. The van der Waals surface area contributed by atoms with Crippen LogP contribution in [0, 0.1) is 0 Å². The van der Waals surface area contributed by atoms with E-state index in [9.17, 15) is 4.79 Å². The first-order valence-corrected chi connectivity index (χ1v) is 5.54. The molecule has 1 atom stereocenters. The topological polar surface area (TPSA) is 51.5 Å². The van der Waals surface area contributed by atoms with Gasteiger partial charge in [0.05, 0.1) is 7.11 Å². The van der Waals surface area contributed by atoms with E-state index >= 15 is 0 Å². The number of carbonyl (C=O) groups is 1. The number of aliphatic carboxylic acids is 1. The molecule has 0 amide bonds. The third kappa shape index (κ3) is 1.98. The fourth-order valence-electron chi connectivity index (χ4n) is 2.03. The Morgan fingerprint density at radius 2 is 2.24 bits per heavy atom. The second kappa shape index (κ2) is 4.49. The third-order valence-electron chi connectivity index (χ3n) is 2.94. The summed E-state index contributed by atoms with van der Waals surface area (Å²) in [6.07, 6.45) is 2.37. The second-order valence-electron chi connectivity index (χ2n) is 3.91. The van der Waals surface area contributed by atoms with Crippen molar-refractivity contribution in [3.63, 3.8) is 0 Å². The van der Waals surface area contributed by atoms with E-state index in [4.69, 9.17) is 9.84 Å². The summed E-state index contributed by atoms with van der Waals surface area (Å²) in [5, 5.41) is 10.1. The predicted molar refractivity (Wildman–Crippen MR) is 65.5 cm³/mol. The van der Waals surface area contributed by atoms with Gasteiger partial charge < -0.3 is 14.4 Å². The van der Waals surface area contributed by atoms with E-state index in [0.717, 1.165) is 16.7 Å². The number of ether oxygens (including phenoxy) is 1. The molecule has 2 aromatic rings. The Morgan fingerprint density at radius 3 is 2.82 bits per heavy atom. The van der Waals surface area contributed by atoms with Gasteiger partial charge in [0.2, 0.25) is 0 Å². The van der Waals surface area contributed by atoms with Gasteiger partial charge in [-0.3, -0.25) is 0 Å². The van der Waals surface area contributed by atoms with E-state index in [0.29, 0.717) is 6.42 Å². The zero-order valence-corrected chi connectivity index (χ0v) is 9.88. The van der Waals surface area contributed by atoms with E-state index in [2.05, 4.69) is 0 Å². The van der Waals surface area contributed by atoms with Gasteiger partial charge in [-0.2, -0.15) is 0 Å². The van der Waals surface area contributed by atoms with Gasteiger partial charge in [0, 0.05) is 17.1 Å². The third-order valence-corrected chi connectivity index (χ3v) is 2.94. The maximum absolute atomic E-state index is 11.2. The highest BCUT2D eigenvalue weighted by Gasteiger charge is 2.18. The summed E-state index contributed by atoms with van der Waals surface area (Å²) in [4.78, 5) is 11.2. The lowest BCUT2D eigenvalue weighted by Crippen LogP contribution is -2.17. The lowest BCUT2D eigenvalue weighted by Gasteiger charge is -2.13. The first-order chi connectivity index (χ1) is 8.17. The van der Waals surface area contributed by atoms with E-state index < -0.39 is 12.0 Å². The van der Waals surface area contributed by atoms with Gasteiger partial charge in [-0.25, -0.2) is 4.79 Å². The molecule has 0 fully saturated rings. The Balaban J connectivity index is 2.52. The van der Waals surface area contributed by atoms with Crippen molar-refractivity contribution in [3.8, 4) is 5.75 Å². The fraction of sp³-hybridized carbons (Fsp3) is 0.308. The smallest absolute Gasteiger partial charge is 0.326 e. The molecule has 1 N–H and O–H groups in total. The molecule has 0 aliphatic carbocycles. The number of carboxylic acid groups (broad SMARTS) is 1. The van der Waals surface area contributed by atoms with E-state index in [1.807, 2.05) is 37.4 Å². The van der Waals surface area contributed by atoms with E-state index in [1.165, 1.54) is 0 Å². The summed E-state index contributed by atoms with van der Waals surface area (Å²) in [6, 6.07) is 7.03. The summed E-state index contributed by atoms with van der Waals surface area (Å²) in [5.74, 6) is -0.0283. The van der Waals surface area contributed by atoms with E-state index in [-0.39, 0.29) is 0 Å². The predicted octanol–water partition coefficient (Wildman–Crippen LogP) is 2.69. The van der Waals surface area contributed by atoms with Gasteiger partial charge >= 0.3 is 5.97 Å². The van der Waals surface area contributed by atoms with Crippen molar-refractivity contribution < 1.29 is 14.6 Å². The maximum atomic E-state index is 11.2. The average Bonchev–Trinajstić information content (AvgIpc) is 2.73. The number of hydrogen-bond donors (Lipinski definition) is 1. The molecule has 0 spiro atoms. The van der Waals surface area contributed by atoms with Gasteiger partial charge in [-0.1, -0.05) is 6.92 Å². The molecule has 4 heteroatoms. The number of benzene rings is 1. The van der Waals surface area contributed by atoms with Crippen molar-refractivity contribution in [2.24, 2.45) is 0 Å². The van der Waals surface area contributed by atoms with Gasteiger partial charge in [0.25, 0.3) is 0 Å². The van der Waals surface area contributed by atoms with Crippen LogP contribution in [0.25, 0.3) is 10.9 Å². The second-order valence-corrected chi connectivity index (χ2v) is 3.91. The normalized spacial score (nSPS) is 12.6. The summed E-state index contributed by atoms with van der Waals surface area (Å²) in [7, 11) is 1.62. The molecule has 1 aromatic heterocycles. The average molecular weight is 233 g/mol. The quantitative estimate of drug-likeness (QED) is 0.883. The van der Waals surface area contributed by atoms with Gasteiger partial charge in [0.15, 0.2) is 0 Å². The number of carboxylic acids is 1. The lowest BCUT2D eigenvalue weighted by atomic mass is 10.2. The molecule has 90 valence electrons. The standard InChI is InChI=1S/C13H15NO3/c1-3-11(13(15)16)14-7-6-9-8-10(17-2)4-5-12(9)14/h4-8,11H,3H2,1-2H3,(H,15,16). The Morgan fingerprint density at radius 1 is 1.47 bits per heavy atom. The van der Waals surface area contributed by atoms with Crippen LogP contribution in [0.1, 0.15) is 19.4 Å². The van der Waals surface area contributed by atoms with Gasteiger partial charge in [-0.15, -0.1) is 0 Å². The van der Waals surface area contributed by atoms with Crippen molar-refractivity contribution in [1.29, 1.82) is 0 Å². The summed E-state index contributed by atoms with van der Waals surface area (Å²) in [6.45, 7) is 1.87. The molecule has 17 heavy (non-hydrogen) atoms. The van der Waals surface area contributed by atoms with E-state index in [1.54, 1.807) is 11.7 Å². The fourth-order valence-corrected chi connectivity index (χ4v) is 2.03. The minimum absolute atomic E-state index is 0.513. The number of nitrogens with zero attached hydrogens (tertiary/aromatic N) is 1. The molecule has 2 rings (SSSR count). The molecule has 1 unspecified atom stereocenters. The largest absolute Gasteiger partial charge is 0.497 e. The lowest BCUT2D eigenvalue weighted by molar-refractivity contribution is -0.140. The minimum atomic E-state index is -0.805. The van der Waals surface area contributed by atoms with Crippen LogP contribution >= 0.6 is 0 Å². The Kier molecular flexibility index (Phi) is 3.04. The highest BCUT2D eigenvalue weighted by molar-refractivity contribution is 5.84. The number of methoxy groups -OCH3 is 1. The van der Waals surface area contributed by atoms with Crippen LogP contribution in [0.2, 0.25) is 0 Å². The number of rotatable bonds is 4. The minimum Gasteiger partial charge on any atom is -0.497 e. The Labute approximate surface area is 99.4 Å². The highest BCUT2D eigenvalue weighted by atomic mass is 16.5. The number of aromatic nitrogens is 1. The zero-order chi connectivity index (χ0) is 12.4. The Bertz CT molecular complexity index is 545. The molecule has 0 bridgehead atoms. The van der Waals surface area contributed by atoms with Crippen molar-refractivity contribution >= 4 is 16.9 Å². The molecule has 0 radical (unpaired) electrons. The van der Waals surface area contributed by atoms with Crippen molar-refractivity contribution in [2.45, 2.75) is 19.4 Å². The van der Waals surface area contributed by atoms with Crippen molar-refractivity contribution in [1.82, 2.24) is 4.57 Å². The van der Waals surface area contributed by atoms with Crippen LogP contribution in [0.5, 0.6) is 5.75 Å². The van der Waals surface area contributed by atoms with Crippen LogP contribution < -0.4 is 4.74 Å². The van der Waals surface area contributed by atoms with Crippen LogP contribution in [-0.2, 0) is 4.79 Å². The first-order valence-electron chi connectivity index (χ1n) is 5.54. The molecule has 0 saturated heterocycles. The van der Waals surface area contributed by atoms with Crippen LogP contribution in [0.4, 0.5) is 0 Å². The molecular weight excluding hydrogens is 218 g/mol. The molecule has 0 saturated carbocycles. The molecule has 4 nitrogen and oxygen atoms in total. The summed E-state index contributed by atoms with van der Waals surface area (Å²) < 4.78 is 6.93. The monoisotopic (exact) mass is 233 g/mol. The van der Waals surface area contributed by atoms with Crippen LogP contribution in [-0.4, -0.2) is 22.8 Å². The van der Waals surface area contributed by atoms with Gasteiger partial charge in [-0.05, 0) is 30.7 Å². The summed E-state index contributed by atoms with van der Waals surface area (Å²) >= 11 is 0. The number of hydrogen-bond acceptors (Lipinski definition) is 2. The number of fused-ring (bicyclic) bond motifs is 1. The first kappa shape index (κ1) is 11.5. The van der Waals surface area contributed by atoms with Gasteiger partial charge in [0.1, 0.15) is 11.8 Å². The SMILES string of the molecule is CCC(C(=O)O)n1ccc2cc(OC)ccc21. The van der Waals surface area contributed by atoms with Crippen molar-refractivity contribution in [3.05, 3.63) is 30.5 Å². The molecule has 1 aromatic carbocycles. The highest BCUT2D eigenvalue weighted by Crippen LogP contribution is 2.25. The maximum Gasteiger partial charge on any atom is 0.326 e. The van der Waals surface area contributed by atoms with Crippen LogP contribution in [0.3, 0.4) is 0 Å². The van der Waals surface area contributed by atoms with Crippen molar-refractivity contribution in [2.75, 3.05) is 7.11 Å². The van der Waals surface area contributed by atoms with Crippen LogP contribution in [0.15, 0.2) is 30.5 Å². The zero-order valence-electron chi connectivity index (χ0n) is 9.88. The molecule has 0 aliphatic rings. The molecule has 1 heterocycles.